The Morgan fingerprint density at radius 1 is 1.57 bits per heavy atom. The number of hydrogen-bond donors (Lipinski definition) is 3. The molecule has 2 amide bonds. The van der Waals surface area contributed by atoms with Crippen LogP contribution in [0.4, 0.5) is 16.3 Å². The number of rotatable bonds is 7. The van der Waals surface area contributed by atoms with Crippen molar-refractivity contribution in [3.63, 3.8) is 0 Å². The molecule has 0 aliphatic rings. The first kappa shape index (κ1) is 16.9. The molecular formula is C13H20N6O4. The smallest absolute Gasteiger partial charge is 0.325 e. The maximum absolute atomic E-state index is 11.8. The highest BCUT2D eigenvalue weighted by Crippen LogP contribution is 2.09. The van der Waals surface area contributed by atoms with Crippen LogP contribution in [0.25, 0.3) is 0 Å². The highest BCUT2D eigenvalue weighted by atomic mass is 16.7. The lowest BCUT2D eigenvalue weighted by Gasteiger charge is -2.17. The molecule has 2 heterocycles. The number of nitrogens with one attached hydrogen (secondary N) is 2. The number of carbonyl (C=O) groups excluding carboxylic acids is 1. The molecule has 0 aliphatic carbocycles. The molecule has 10 heteroatoms. The van der Waals surface area contributed by atoms with Crippen LogP contribution in [0.2, 0.25) is 0 Å². The number of nitrogens with zero attached hydrogens (tertiary/aromatic N) is 4. The van der Waals surface area contributed by atoms with Crippen LogP contribution in [-0.4, -0.2) is 57.9 Å². The highest BCUT2D eigenvalue weighted by molar-refractivity contribution is 5.98. The number of aromatic nitrogens is 3. The van der Waals surface area contributed by atoms with Gasteiger partial charge in [0.15, 0.2) is 5.82 Å². The average molecular weight is 324 g/mol. The summed E-state index contributed by atoms with van der Waals surface area (Å²) in [4.78, 5) is 16.7. The van der Waals surface area contributed by atoms with E-state index in [9.17, 15) is 9.90 Å². The third-order valence-corrected chi connectivity index (χ3v) is 2.94. The van der Waals surface area contributed by atoms with Crippen LogP contribution in [0.5, 0.6) is 0 Å². The monoisotopic (exact) mass is 324 g/mol. The Hall–Kier alpha value is -2.43. The van der Waals surface area contributed by atoms with Crippen LogP contribution in [0.15, 0.2) is 23.0 Å². The van der Waals surface area contributed by atoms with Crippen molar-refractivity contribution in [2.45, 2.75) is 19.6 Å². The van der Waals surface area contributed by atoms with E-state index >= 15 is 0 Å². The second-order valence-electron chi connectivity index (χ2n) is 5.00. The molecule has 0 saturated heterocycles. The second kappa shape index (κ2) is 7.72. The molecule has 1 atom stereocenters. The van der Waals surface area contributed by atoms with Gasteiger partial charge in [0, 0.05) is 19.3 Å². The predicted molar refractivity (Wildman–Crippen MR) is 81.8 cm³/mol. The lowest BCUT2D eigenvalue weighted by atomic mass is 10.3. The SMILES string of the molecule is CON(C)CC(O)Cn1cc(NC(=O)Nc2cc(C)on2)cn1. The molecule has 23 heavy (non-hydrogen) atoms. The molecule has 0 bridgehead atoms. The molecule has 126 valence electrons. The summed E-state index contributed by atoms with van der Waals surface area (Å²) in [5, 5.41) is 24.3. The topological polar surface area (TPSA) is 118 Å². The summed E-state index contributed by atoms with van der Waals surface area (Å²) in [5.74, 6) is 0.925. The zero-order valence-corrected chi connectivity index (χ0v) is 13.2. The maximum Gasteiger partial charge on any atom is 0.325 e. The fraction of sp³-hybridized carbons (Fsp3) is 0.462. The number of aliphatic hydroxyl groups is 1. The zero-order valence-electron chi connectivity index (χ0n) is 13.2. The highest BCUT2D eigenvalue weighted by Gasteiger charge is 2.11. The molecule has 2 rings (SSSR count). The molecule has 0 aromatic carbocycles. The van der Waals surface area contributed by atoms with Gasteiger partial charge in [-0.3, -0.25) is 10.00 Å². The Morgan fingerprint density at radius 2 is 2.35 bits per heavy atom. The molecule has 2 aromatic rings. The molecule has 0 radical (unpaired) electrons. The number of amides is 2. The number of hydroxylamine groups is 2. The van der Waals surface area contributed by atoms with E-state index in [4.69, 9.17) is 9.36 Å². The molecule has 1 unspecified atom stereocenters. The van der Waals surface area contributed by atoms with Crippen LogP contribution >= 0.6 is 0 Å². The summed E-state index contributed by atoms with van der Waals surface area (Å²) in [6, 6.07) is 1.14. The minimum absolute atomic E-state index is 0.277. The van der Waals surface area contributed by atoms with Gasteiger partial charge in [0.05, 0.1) is 38.2 Å². The molecule has 0 aliphatic heterocycles. The van der Waals surface area contributed by atoms with E-state index in [0.29, 0.717) is 23.8 Å². The van der Waals surface area contributed by atoms with Gasteiger partial charge in [-0.05, 0) is 6.92 Å². The Morgan fingerprint density at radius 3 is 3.00 bits per heavy atom. The van der Waals surface area contributed by atoms with Crippen molar-refractivity contribution in [3.05, 3.63) is 24.2 Å². The zero-order chi connectivity index (χ0) is 16.8. The lowest BCUT2D eigenvalue weighted by molar-refractivity contribution is -0.129. The van der Waals surface area contributed by atoms with Crippen molar-refractivity contribution >= 4 is 17.5 Å². The number of anilines is 2. The lowest BCUT2D eigenvalue weighted by Crippen LogP contribution is -2.31. The number of hydrogen-bond acceptors (Lipinski definition) is 7. The van der Waals surface area contributed by atoms with Crippen molar-refractivity contribution in [1.82, 2.24) is 20.0 Å². The van der Waals surface area contributed by atoms with Gasteiger partial charge < -0.3 is 19.8 Å². The van der Waals surface area contributed by atoms with Crippen LogP contribution in [0, 0.1) is 6.92 Å². The van der Waals surface area contributed by atoms with Crippen molar-refractivity contribution in [1.29, 1.82) is 0 Å². The summed E-state index contributed by atoms with van der Waals surface area (Å²) in [5.41, 5.74) is 0.495. The van der Waals surface area contributed by atoms with Crippen LogP contribution < -0.4 is 10.6 Å². The second-order valence-corrected chi connectivity index (χ2v) is 5.00. The number of aryl methyl sites for hydroxylation is 1. The van der Waals surface area contributed by atoms with Gasteiger partial charge in [-0.1, -0.05) is 5.16 Å². The molecule has 3 N–H and O–H groups in total. The van der Waals surface area contributed by atoms with E-state index in [1.54, 1.807) is 26.2 Å². The number of likely N-dealkylation sites (N-methyl/N-ethyl adjacent to an activating group) is 1. The normalized spacial score (nSPS) is 12.4. The number of carbonyl (C=O) groups is 1. The molecule has 2 aromatic heterocycles. The van der Waals surface area contributed by atoms with E-state index < -0.39 is 12.1 Å². The summed E-state index contributed by atoms with van der Waals surface area (Å²) in [6.45, 7) is 2.34. The van der Waals surface area contributed by atoms with Gasteiger partial charge in [-0.2, -0.15) is 10.2 Å². The Balaban J connectivity index is 1.83. The van der Waals surface area contributed by atoms with Gasteiger partial charge >= 0.3 is 6.03 Å². The van der Waals surface area contributed by atoms with Crippen molar-refractivity contribution in [3.8, 4) is 0 Å². The maximum atomic E-state index is 11.8. The van der Waals surface area contributed by atoms with Crippen LogP contribution in [0.3, 0.4) is 0 Å². The van der Waals surface area contributed by atoms with Crippen LogP contribution in [0.1, 0.15) is 5.76 Å². The predicted octanol–water partition coefficient (Wildman–Crippen LogP) is 0.678. The molecule has 0 saturated carbocycles. The summed E-state index contributed by atoms with van der Waals surface area (Å²) in [6.07, 6.45) is 2.45. The fourth-order valence-corrected chi connectivity index (χ4v) is 1.88. The molecule has 0 fully saturated rings. The Kier molecular flexibility index (Phi) is 5.68. The molecule has 10 nitrogen and oxygen atoms in total. The minimum Gasteiger partial charge on any atom is -0.390 e. The van der Waals surface area contributed by atoms with Crippen molar-refractivity contribution in [2.24, 2.45) is 0 Å². The third-order valence-electron chi connectivity index (χ3n) is 2.94. The third kappa shape index (κ3) is 5.36. The average Bonchev–Trinajstić information content (AvgIpc) is 3.07. The van der Waals surface area contributed by atoms with Gasteiger partial charge in [-0.15, -0.1) is 0 Å². The van der Waals surface area contributed by atoms with Gasteiger partial charge in [0.25, 0.3) is 0 Å². The Labute approximate surface area is 132 Å². The van der Waals surface area contributed by atoms with E-state index in [-0.39, 0.29) is 6.54 Å². The molecular weight excluding hydrogens is 304 g/mol. The van der Waals surface area contributed by atoms with Crippen LogP contribution in [-0.2, 0) is 11.4 Å². The van der Waals surface area contributed by atoms with Crippen molar-refractivity contribution in [2.75, 3.05) is 31.3 Å². The standard InChI is InChI=1S/C13H20N6O4/c1-9-4-12(17-23-9)16-13(21)15-10-5-14-19(6-10)8-11(20)7-18(2)22-3/h4-6,11,20H,7-8H2,1-3H3,(H2,15,16,17,21). The first-order valence-electron chi connectivity index (χ1n) is 6.93. The summed E-state index contributed by atoms with van der Waals surface area (Å²) in [7, 11) is 3.24. The van der Waals surface area contributed by atoms with Gasteiger partial charge in [-0.25, -0.2) is 4.79 Å². The van der Waals surface area contributed by atoms with Gasteiger partial charge in [0.2, 0.25) is 0 Å². The Bertz CT molecular complexity index is 640. The largest absolute Gasteiger partial charge is 0.390 e. The van der Waals surface area contributed by atoms with E-state index in [1.165, 1.54) is 23.1 Å². The van der Waals surface area contributed by atoms with Gasteiger partial charge in [0.1, 0.15) is 5.76 Å². The minimum atomic E-state index is -0.653. The summed E-state index contributed by atoms with van der Waals surface area (Å²) >= 11 is 0. The first-order valence-corrected chi connectivity index (χ1v) is 6.93. The quantitative estimate of drug-likeness (QED) is 0.641. The summed E-state index contributed by atoms with van der Waals surface area (Å²) < 4.78 is 6.39. The fourth-order valence-electron chi connectivity index (χ4n) is 1.88. The van der Waals surface area contributed by atoms with E-state index in [0.717, 1.165) is 0 Å². The van der Waals surface area contributed by atoms with Crippen molar-refractivity contribution < 1.29 is 19.3 Å². The van der Waals surface area contributed by atoms with E-state index in [1.807, 2.05) is 0 Å². The first-order chi connectivity index (χ1) is 11.0. The number of aliphatic hydroxyl groups excluding tert-OH is 1. The number of urea groups is 1. The van der Waals surface area contributed by atoms with E-state index in [2.05, 4.69) is 20.9 Å². The molecule has 0 spiro atoms.